The zero-order valence-corrected chi connectivity index (χ0v) is 16.4. The van der Waals surface area contributed by atoms with E-state index in [4.69, 9.17) is 9.47 Å². The summed E-state index contributed by atoms with van der Waals surface area (Å²) in [4.78, 5) is 24.8. The van der Waals surface area contributed by atoms with Crippen LogP contribution in [0.2, 0.25) is 0 Å². The third-order valence-electron chi connectivity index (χ3n) is 4.06. The summed E-state index contributed by atoms with van der Waals surface area (Å²) in [6.45, 7) is 7.10. The highest BCUT2D eigenvalue weighted by Gasteiger charge is 2.34. The van der Waals surface area contributed by atoms with Gasteiger partial charge in [0.1, 0.15) is 17.1 Å². The molecule has 0 saturated heterocycles. The lowest BCUT2D eigenvalue weighted by Crippen LogP contribution is -2.46. The van der Waals surface area contributed by atoms with Gasteiger partial charge in [0, 0.05) is 5.70 Å². The van der Waals surface area contributed by atoms with Gasteiger partial charge in [-0.05, 0) is 57.5 Å². The lowest BCUT2D eigenvalue weighted by atomic mass is 9.95. The molecule has 0 aliphatic carbocycles. The Hall–Kier alpha value is -3.28. The first-order chi connectivity index (χ1) is 13.2. The number of hydrogen-bond acceptors (Lipinski definition) is 4. The molecule has 1 atom stereocenters. The predicted molar refractivity (Wildman–Crippen MR) is 106 cm³/mol. The molecule has 2 amide bonds. The average Bonchev–Trinajstić information content (AvgIpc) is 2.60. The normalized spacial score (nSPS) is 16.9. The van der Waals surface area contributed by atoms with Gasteiger partial charge in [-0.3, -0.25) is 0 Å². The molecule has 146 valence electrons. The molecule has 2 N–H and O–H groups in total. The molecule has 3 rings (SSSR count). The van der Waals surface area contributed by atoms with Gasteiger partial charge in [0.25, 0.3) is 0 Å². The first-order valence-corrected chi connectivity index (χ1v) is 9.07. The summed E-state index contributed by atoms with van der Waals surface area (Å²) >= 11 is 0. The second kappa shape index (κ2) is 7.76. The largest absolute Gasteiger partial charge is 0.457 e. The van der Waals surface area contributed by atoms with Crippen molar-refractivity contribution in [1.29, 1.82) is 0 Å². The van der Waals surface area contributed by atoms with Crippen LogP contribution in [0.15, 0.2) is 65.9 Å². The molecule has 0 aromatic heterocycles. The molecule has 2 aromatic carbocycles. The molecule has 0 unspecified atom stereocenters. The zero-order chi connectivity index (χ0) is 20.3. The Morgan fingerprint density at radius 2 is 1.68 bits per heavy atom. The Kier molecular flexibility index (Phi) is 5.40. The second-order valence-electron chi connectivity index (χ2n) is 7.56. The van der Waals surface area contributed by atoms with Crippen LogP contribution in [0.1, 0.15) is 39.3 Å². The van der Waals surface area contributed by atoms with Gasteiger partial charge in [-0.2, -0.15) is 0 Å². The first kappa shape index (κ1) is 19.5. The van der Waals surface area contributed by atoms with Gasteiger partial charge in [-0.1, -0.05) is 30.3 Å². The van der Waals surface area contributed by atoms with Crippen LogP contribution in [0, 0.1) is 0 Å². The fourth-order valence-electron chi connectivity index (χ4n) is 2.93. The third-order valence-corrected chi connectivity index (χ3v) is 4.06. The zero-order valence-electron chi connectivity index (χ0n) is 16.4. The minimum Gasteiger partial charge on any atom is -0.457 e. The number of carbonyl (C=O) groups excluding carboxylic acids is 2. The summed E-state index contributed by atoms with van der Waals surface area (Å²) in [6, 6.07) is 15.7. The smallest absolute Gasteiger partial charge is 0.338 e. The Morgan fingerprint density at radius 3 is 2.36 bits per heavy atom. The summed E-state index contributed by atoms with van der Waals surface area (Å²) in [5.74, 6) is 0.836. The van der Waals surface area contributed by atoms with E-state index in [2.05, 4.69) is 10.6 Å². The van der Waals surface area contributed by atoms with Gasteiger partial charge in [0.15, 0.2) is 0 Å². The van der Waals surface area contributed by atoms with Crippen LogP contribution < -0.4 is 15.4 Å². The minimum absolute atomic E-state index is 0.367. The fraction of sp³-hybridized carbons (Fsp3) is 0.273. The van der Waals surface area contributed by atoms with Gasteiger partial charge in [0.05, 0.1) is 11.6 Å². The number of allylic oxidation sites excluding steroid dienone is 1. The lowest BCUT2D eigenvalue weighted by Gasteiger charge is -2.30. The maximum Gasteiger partial charge on any atom is 0.338 e. The van der Waals surface area contributed by atoms with Crippen molar-refractivity contribution in [3.63, 3.8) is 0 Å². The number of para-hydroxylation sites is 1. The molecule has 6 nitrogen and oxygen atoms in total. The quantitative estimate of drug-likeness (QED) is 0.769. The highest BCUT2D eigenvalue weighted by molar-refractivity contribution is 5.95. The lowest BCUT2D eigenvalue weighted by molar-refractivity contribution is -0.150. The molecule has 2 aromatic rings. The number of urea groups is 1. The van der Waals surface area contributed by atoms with E-state index in [-0.39, 0.29) is 6.03 Å². The molecule has 0 radical (unpaired) electrons. The molecule has 1 aliphatic heterocycles. The van der Waals surface area contributed by atoms with Gasteiger partial charge in [-0.15, -0.1) is 0 Å². The SMILES string of the molecule is CC1=C(C(=O)OC(C)(C)C)[C@@H](c2cccc(Oc3ccccc3)c2)NC(=O)N1. The Labute approximate surface area is 164 Å². The maximum absolute atomic E-state index is 12.8. The van der Waals surface area contributed by atoms with Crippen molar-refractivity contribution >= 4 is 12.0 Å². The topological polar surface area (TPSA) is 76.7 Å². The summed E-state index contributed by atoms with van der Waals surface area (Å²) in [7, 11) is 0. The fourth-order valence-corrected chi connectivity index (χ4v) is 2.93. The van der Waals surface area contributed by atoms with E-state index in [0.717, 1.165) is 5.56 Å². The number of nitrogens with one attached hydrogen (secondary N) is 2. The summed E-state index contributed by atoms with van der Waals surface area (Å²) in [5, 5.41) is 5.45. The Bertz CT molecular complexity index is 914. The number of esters is 1. The summed E-state index contributed by atoms with van der Waals surface area (Å²) < 4.78 is 11.4. The van der Waals surface area contributed by atoms with E-state index >= 15 is 0 Å². The van der Waals surface area contributed by atoms with Crippen LogP contribution in [0.5, 0.6) is 11.5 Å². The number of hydrogen-bond donors (Lipinski definition) is 2. The van der Waals surface area contributed by atoms with E-state index in [9.17, 15) is 9.59 Å². The van der Waals surface area contributed by atoms with Crippen LogP contribution in [0.4, 0.5) is 4.79 Å². The molecule has 0 bridgehead atoms. The Balaban J connectivity index is 1.93. The van der Waals surface area contributed by atoms with Crippen LogP contribution in [-0.4, -0.2) is 17.6 Å². The molecular formula is C22H24N2O4. The number of ether oxygens (including phenoxy) is 2. The van der Waals surface area contributed by atoms with Crippen molar-refractivity contribution in [1.82, 2.24) is 10.6 Å². The molecule has 1 aliphatic rings. The van der Waals surface area contributed by atoms with Crippen LogP contribution in [0.25, 0.3) is 0 Å². The summed E-state index contributed by atoms with van der Waals surface area (Å²) in [5.41, 5.74) is 0.918. The van der Waals surface area contributed by atoms with Crippen molar-refractivity contribution in [2.24, 2.45) is 0 Å². The van der Waals surface area contributed by atoms with Crippen molar-refractivity contribution in [3.8, 4) is 11.5 Å². The van der Waals surface area contributed by atoms with E-state index in [1.807, 2.05) is 48.5 Å². The molecule has 1 heterocycles. The highest BCUT2D eigenvalue weighted by Crippen LogP contribution is 2.31. The first-order valence-electron chi connectivity index (χ1n) is 9.07. The number of amides is 2. The average molecular weight is 380 g/mol. The second-order valence-corrected chi connectivity index (χ2v) is 7.56. The molecular weight excluding hydrogens is 356 g/mol. The van der Waals surface area contributed by atoms with Gasteiger partial charge < -0.3 is 20.1 Å². The monoisotopic (exact) mass is 380 g/mol. The highest BCUT2D eigenvalue weighted by atomic mass is 16.6. The standard InChI is InChI=1S/C22H24N2O4/c1-14-18(20(25)28-22(2,3)4)19(24-21(26)23-14)15-9-8-12-17(13-15)27-16-10-6-5-7-11-16/h5-13,19H,1-4H3,(H2,23,24,26)/t19-/m1/s1. The van der Waals surface area contributed by atoms with Crippen LogP contribution in [-0.2, 0) is 9.53 Å². The van der Waals surface area contributed by atoms with Gasteiger partial charge in [-0.25, -0.2) is 9.59 Å². The van der Waals surface area contributed by atoms with E-state index in [1.54, 1.807) is 33.8 Å². The predicted octanol–water partition coefficient (Wildman–Crippen LogP) is 4.45. The van der Waals surface area contributed by atoms with Crippen molar-refractivity contribution in [3.05, 3.63) is 71.4 Å². The molecule has 28 heavy (non-hydrogen) atoms. The number of carbonyl (C=O) groups is 2. The molecule has 0 saturated carbocycles. The molecule has 0 spiro atoms. The van der Waals surface area contributed by atoms with E-state index < -0.39 is 17.6 Å². The van der Waals surface area contributed by atoms with Crippen molar-refractivity contribution < 1.29 is 19.1 Å². The van der Waals surface area contributed by atoms with Crippen LogP contribution >= 0.6 is 0 Å². The van der Waals surface area contributed by atoms with Crippen molar-refractivity contribution in [2.45, 2.75) is 39.3 Å². The third kappa shape index (κ3) is 4.71. The van der Waals surface area contributed by atoms with Gasteiger partial charge in [0.2, 0.25) is 0 Å². The maximum atomic E-state index is 12.8. The van der Waals surface area contributed by atoms with E-state index in [0.29, 0.717) is 22.8 Å². The van der Waals surface area contributed by atoms with E-state index in [1.165, 1.54) is 0 Å². The molecule has 6 heteroatoms. The summed E-state index contributed by atoms with van der Waals surface area (Å²) in [6.07, 6.45) is 0. The molecule has 0 fully saturated rings. The number of benzene rings is 2. The van der Waals surface area contributed by atoms with Crippen molar-refractivity contribution in [2.75, 3.05) is 0 Å². The van der Waals surface area contributed by atoms with Gasteiger partial charge >= 0.3 is 12.0 Å². The minimum atomic E-state index is -0.644. The number of rotatable bonds is 4. The Morgan fingerprint density at radius 1 is 1.00 bits per heavy atom. The van der Waals surface area contributed by atoms with Crippen LogP contribution in [0.3, 0.4) is 0 Å².